The van der Waals surface area contributed by atoms with Gasteiger partial charge in [0.05, 0.1) is 29.9 Å². The van der Waals surface area contributed by atoms with Gasteiger partial charge in [0.25, 0.3) is 5.91 Å². The summed E-state index contributed by atoms with van der Waals surface area (Å²) in [5.74, 6) is -0.133. The first-order valence-electron chi connectivity index (χ1n) is 8.24. The Balaban J connectivity index is 1.62. The van der Waals surface area contributed by atoms with Gasteiger partial charge in [0.2, 0.25) is 0 Å². The van der Waals surface area contributed by atoms with Crippen molar-refractivity contribution < 1.29 is 19.0 Å². The number of halogens is 2. The number of pyridine rings is 1. The topological polar surface area (TPSA) is 74.7 Å². The number of aliphatic hydroxyl groups is 1. The van der Waals surface area contributed by atoms with Gasteiger partial charge in [-0.05, 0) is 23.8 Å². The summed E-state index contributed by atoms with van der Waals surface area (Å²) in [5.41, 5.74) is 0.982. The van der Waals surface area contributed by atoms with E-state index in [1.54, 1.807) is 11.0 Å². The Kier molecular flexibility index (Phi) is 6.03. The van der Waals surface area contributed by atoms with E-state index in [4.69, 9.17) is 16.3 Å². The van der Waals surface area contributed by atoms with Gasteiger partial charge in [-0.15, -0.1) is 0 Å². The van der Waals surface area contributed by atoms with Gasteiger partial charge in [0, 0.05) is 25.8 Å². The molecule has 0 radical (unpaired) electrons. The summed E-state index contributed by atoms with van der Waals surface area (Å²) in [7, 11) is 0. The minimum Gasteiger partial charge on any atom is -0.387 e. The third kappa shape index (κ3) is 4.49. The van der Waals surface area contributed by atoms with Crippen LogP contribution in [0, 0.1) is 5.82 Å². The molecule has 0 aliphatic carbocycles. The largest absolute Gasteiger partial charge is 0.387 e. The van der Waals surface area contributed by atoms with E-state index < -0.39 is 6.10 Å². The quantitative estimate of drug-likeness (QED) is 0.834. The number of aromatic nitrogens is 1. The first-order chi connectivity index (χ1) is 12.5. The highest BCUT2D eigenvalue weighted by atomic mass is 35.5. The van der Waals surface area contributed by atoms with Crippen LogP contribution >= 0.6 is 11.6 Å². The molecule has 1 atom stereocenters. The van der Waals surface area contributed by atoms with Gasteiger partial charge in [-0.1, -0.05) is 23.7 Å². The molecule has 1 fully saturated rings. The lowest BCUT2D eigenvalue weighted by Crippen LogP contribution is -2.40. The Bertz CT molecular complexity index is 767. The minimum atomic E-state index is -0.844. The molecule has 138 valence electrons. The molecule has 0 bridgehead atoms. The number of hydrogen-bond acceptors (Lipinski definition) is 5. The molecule has 1 aromatic heterocycles. The highest BCUT2D eigenvalue weighted by molar-refractivity contribution is 6.33. The molecule has 2 heterocycles. The number of carbonyl (C=O) groups is 1. The summed E-state index contributed by atoms with van der Waals surface area (Å²) in [6.45, 7) is 2.28. The van der Waals surface area contributed by atoms with Crippen molar-refractivity contribution >= 4 is 23.3 Å². The highest BCUT2D eigenvalue weighted by Crippen LogP contribution is 2.22. The van der Waals surface area contributed by atoms with Crippen LogP contribution in [0.15, 0.2) is 36.5 Å². The fourth-order valence-corrected chi connectivity index (χ4v) is 2.86. The predicted molar refractivity (Wildman–Crippen MR) is 95.8 cm³/mol. The average molecular weight is 380 g/mol. The van der Waals surface area contributed by atoms with E-state index in [1.165, 1.54) is 30.5 Å². The molecule has 1 amide bonds. The van der Waals surface area contributed by atoms with E-state index in [0.717, 1.165) is 0 Å². The maximum Gasteiger partial charge on any atom is 0.255 e. The predicted octanol–water partition coefficient (Wildman–Crippen LogP) is 2.49. The summed E-state index contributed by atoms with van der Waals surface area (Å²) in [6, 6.07) is 7.16. The average Bonchev–Trinajstić information content (AvgIpc) is 2.67. The summed E-state index contributed by atoms with van der Waals surface area (Å²) in [4.78, 5) is 18.3. The number of morpholine rings is 1. The number of benzene rings is 1. The number of nitrogens with zero attached hydrogens (tertiary/aromatic N) is 2. The normalized spacial score (nSPS) is 15.6. The molecule has 0 spiro atoms. The van der Waals surface area contributed by atoms with Crippen molar-refractivity contribution in [3.05, 3.63) is 58.5 Å². The second-order valence-electron chi connectivity index (χ2n) is 5.91. The maximum atomic E-state index is 12.9. The molecule has 1 aliphatic heterocycles. The van der Waals surface area contributed by atoms with Crippen molar-refractivity contribution in [2.45, 2.75) is 6.10 Å². The van der Waals surface area contributed by atoms with Crippen LogP contribution in [0.2, 0.25) is 5.02 Å². The van der Waals surface area contributed by atoms with Crippen LogP contribution in [-0.4, -0.2) is 53.7 Å². The Morgan fingerprint density at radius 1 is 1.35 bits per heavy atom. The lowest BCUT2D eigenvalue weighted by atomic mass is 10.1. The van der Waals surface area contributed by atoms with Crippen LogP contribution in [0.25, 0.3) is 0 Å². The number of ether oxygens (including phenoxy) is 1. The number of nitrogens with one attached hydrogen (secondary N) is 1. The standard InChI is InChI=1S/C18H19ClFN3O3/c19-15-9-13(18(25)23-5-7-26-8-6-23)10-21-17(15)22-11-16(24)12-1-3-14(20)4-2-12/h1-4,9-10,16,24H,5-8,11H2,(H,21,22). The van der Waals surface area contributed by atoms with Crippen LogP contribution in [-0.2, 0) is 4.74 Å². The highest BCUT2D eigenvalue weighted by Gasteiger charge is 2.20. The molecule has 1 aliphatic rings. The van der Waals surface area contributed by atoms with Crippen molar-refractivity contribution in [1.29, 1.82) is 0 Å². The summed E-state index contributed by atoms with van der Waals surface area (Å²) in [5, 5.41) is 13.4. The molecule has 8 heteroatoms. The fourth-order valence-electron chi connectivity index (χ4n) is 2.63. The molecule has 2 N–H and O–H groups in total. The number of rotatable bonds is 5. The Morgan fingerprint density at radius 2 is 2.04 bits per heavy atom. The fraction of sp³-hybridized carbons (Fsp3) is 0.333. The van der Waals surface area contributed by atoms with Gasteiger partial charge < -0.3 is 20.1 Å². The van der Waals surface area contributed by atoms with Gasteiger partial charge in [-0.3, -0.25) is 4.79 Å². The van der Waals surface area contributed by atoms with Gasteiger partial charge in [0.15, 0.2) is 0 Å². The van der Waals surface area contributed by atoms with E-state index in [9.17, 15) is 14.3 Å². The third-order valence-electron chi connectivity index (χ3n) is 4.10. The van der Waals surface area contributed by atoms with Crippen LogP contribution in [0.5, 0.6) is 0 Å². The molecule has 6 nitrogen and oxygen atoms in total. The van der Waals surface area contributed by atoms with E-state index >= 15 is 0 Å². The second kappa shape index (κ2) is 8.44. The molecular formula is C18H19ClFN3O3. The van der Waals surface area contributed by atoms with Crippen LogP contribution in [0.3, 0.4) is 0 Å². The zero-order chi connectivity index (χ0) is 18.5. The third-order valence-corrected chi connectivity index (χ3v) is 4.39. The second-order valence-corrected chi connectivity index (χ2v) is 6.31. The molecular weight excluding hydrogens is 361 g/mol. The van der Waals surface area contributed by atoms with Gasteiger partial charge >= 0.3 is 0 Å². The molecule has 1 saturated heterocycles. The minimum absolute atomic E-state index is 0.138. The molecule has 1 unspecified atom stereocenters. The van der Waals surface area contributed by atoms with Crippen LogP contribution in [0.4, 0.5) is 10.2 Å². The zero-order valence-corrected chi connectivity index (χ0v) is 14.7. The number of hydrogen-bond donors (Lipinski definition) is 2. The molecule has 26 heavy (non-hydrogen) atoms. The van der Waals surface area contributed by atoms with Crippen molar-refractivity contribution in [2.75, 3.05) is 38.2 Å². The Hall–Kier alpha value is -2.22. The summed E-state index contributed by atoms with van der Waals surface area (Å²) >= 11 is 6.21. The number of amides is 1. The number of aliphatic hydroxyl groups excluding tert-OH is 1. The van der Waals surface area contributed by atoms with E-state index in [0.29, 0.717) is 43.2 Å². The molecule has 0 saturated carbocycles. The Labute approximate surface area is 155 Å². The van der Waals surface area contributed by atoms with Crippen LogP contribution in [0.1, 0.15) is 22.0 Å². The smallest absolute Gasteiger partial charge is 0.255 e. The van der Waals surface area contributed by atoms with Gasteiger partial charge in [0.1, 0.15) is 11.6 Å². The zero-order valence-electron chi connectivity index (χ0n) is 14.0. The van der Waals surface area contributed by atoms with E-state index in [1.807, 2.05) is 0 Å². The first-order valence-corrected chi connectivity index (χ1v) is 8.62. The SMILES string of the molecule is O=C(c1cnc(NCC(O)c2ccc(F)cc2)c(Cl)c1)N1CCOCC1. The molecule has 1 aromatic carbocycles. The lowest BCUT2D eigenvalue weighted by Gasteiger charge is -2.26. The number of anilines is 1. The van der Waals surface area contributed by atoms with Gasteiger partial charge in [-0.25, -0.2) is 9.37 Å². The maximum absolute atomic E-state index is 12.9. The molecule has 2 aromatic rings. The van der Waals surface area contributed by atoms with Crippen molar-refractivity contribution in [1.82, 2.24) is 9.88 Å². The lowest BCUT2D eigenvalue weighted by molar-refractivity contribution is 0.0302. The van der Waals surface area contributed by atoms with Crippen molar-refractivity contribution in [3.8, 4) is 0 Å². The monoisotopic (exact) mass is 379 g/mol. The molecule has 3 rings (SSSR count). The first kappa shape index (κ1) is 18.6. The van der Waals surface area contributed by atoms with E-state index in [-0.39, 0.29) is 23.3 Å². The van der Waals surface area contributed by atoms with Gasteiger partial charge in [-0.2, -0.15) is 0 Å². The number of carbonyl (C=O) groups excluding carboxylic acids is 1. The Morgan fingerprint density at radius 3 is 2.69 bits per heavy atom. The van der Waals surface area contributed by atoms with Crippen molar-refractivity contribution in [2.24, 2.45) is 0 Å². The van der Waals surface area contributed by atoms with E-state index in [2.05, 4.69) is 10.3 Å². The van der Waals surface area contributed by atoms with Crippen molar-refractivity contribution in [3.63, 3.8) is 0 Å². The summed E-state index contributed by atoms with van der Waals surface area (Å²) < 4.78 is 18.2. The van der Waals surface area contributed by atoms with Crippen LogP contribution < -0.4 is 5.32 Å². The summed E-state index contributed by atoms with van der Waals surface area (Å²) in [6.07, 6.45) is 0.610.